The van der Waals surface area contributed by atoms with Crippen molar-refractivity contribution in [1.82, 2.24) is 25.5 Å². The molecule has 0 saturated heterocycles. The molecule has 0 radical (unpaired) electrons. The van der Waals surface area contributed by atoms with Crippen LogP contribution < -0.4 is 11.1 Å². The second-order valence-corrected chi connectivity index (χ2v) is 3.74. The molecule has 0 aliphatic heterocycles. The third kappa shape index (κ3) is 3.11. The summed E-state index contributed by atoms with van der Waals surface area (Å²) < 4.78 is 1.65. The number of carbonyl (C=O) groups excluding carboxylic acids is 1. The van der Waals surface area contributed by atoms with Crippen molar-refractivity contribution in [2.75, 3.05) is 6.54 Å². The standard InChI is InChI=1S/C11H14N6O/c12-10(18)6-7-13-8-11-14-15-16-17(11)9-4-2-1-3-5-9/h1-5,13H,6-8H2,(H2,12,18). The molecule has 0 aliphatic rings. The number of nitrogens with zero attached hydrogens (tertiary/aromatic N) is 4. The van der Waals surface area contributed by atoms with Crippen molar-refractivity contribution in [3.8, 4) is 5.69 Å². The van der Waals surface area contributed by atoms with Crippen LogP contribution >= 0.6 is 0 Å². The van der Waals surface area contributed by atoms with E-state index in [9.17, 15) is 4.79 Å². The van der Waals surface area contributed by atoms with Gasteiger partial charge in [0, 0.05) is 13.0 Å². The largest absolute Gasteiger partial charge is 0.370 e. The molecule has 1 amide bonds. The Hall–Kier alpha value is -2.28. The first-order valence-electron chi connectivity index (χ1n) is 5.59. The molecule has 1 aromatic heterocycles. The summed E-state index contributed by atoms with van der Waals surface area (Å²) in [5, 5.41) is 14.6. The molecule has 2 rings (SSSR count). The van der Waals surface area contributed by atoms with Crippen molar-refractivity contribution < 1.29 is 4.79 Å². The SMILES string of the molecule is NC(=O)CCNCc1nnnn1-c1ccccc1. The number of tetrazole rings is 1. The summed E-state index contributed by atoms with van der Waals surface area (Å²) in [4.78, 5) is 10.6. The number of rotatable bonds is 6. The number of nitrogens with two attached hydrogens (primary N) is 1. The number of amides is 1. The van der Waals surface area contributed by atoms with E-state index < -0.39 is 0 Å². The molecule has 0 atom stereocenters. The van der Waals surface area contributed by atoms with Crippen LogP contribution in [0.5, 0.6) is 0 Å². The molecule has 1 aromatic carbocycles. The van der Waals surface area contributed by atoms with Gasteiger partial charge in [-0.3, -0.25) is 4.79 Å². The zero-order valence-electron chi connectivity index (χ0n) is 9.78. The van der Waals surface area contributed by atoms with Crippen molar-refractivity contribution in [3.05, 3.63) is 36.2 Å². The van der Waals surface area contributed by atoms with Gasteiger partial charge in [0.15, 0.2) is 5.82 Å². The lowest BCUT2D eigenvalue weighted by Gasteiger charge is -2.05. The van der Waals surface area contributed by atoms with E-state index in [0.29, 0.717) is 25.3 Å². The van der Waals surface area contributed by atoms with Gasteiger partial charge in [0.05, 0.1) is 12.2 Å². The van der Waals surface area contributed by atoms with Crippen LogP contribution in [0, 0.1) is 0 Å². The Kier molecular flexibility index (Phi) is 3.98. The normalized spacial score (nSPS) is 10.4. The molecular formula is C11H14N6O. The molecule has 0 saturated carbocycles. The number of hydrogen-bond acceptors (Lipinski definition) is 5. The number of para-hydroxylation sites is 1. The topological polar surface area (TPSA) is 98.7 Å². The van der Waals surface area contributed by atoms with Gasteiger partial charge >= 0.3 is 0 Å². The molecule has 7 nitrogen and oxygen atoms in total. The van der Waals surface area contributed by atoms with Gasteiger partial charge < -0.3 is 11.1 Å². The Morgan fingerprint density at radius 1 is 1.33 bits per heavy atom. The van der Waals surface area contributed by atoms with E-state index in [1.807, 2.05) is 30.3 Å². The summed E-state index contributed by atoms with van der Waals surface area (Å²) in [6.45, 7) is 0.992. The second kappa shape index (κ2) is 5.87. The predicted molar refractivity (Wildman–Crippen MR) is 64.7 cm³/mol. The average molecular weight is 246 g/mol. The summed E-state index contributed by atoms with van der Waals surface area (Å²) in [6, 6.07) is 9.60. The fourth-order valence-corrected chi connectivity index (χ4v) is 1.50. The molecule has 94 valence electrons. The third-order valence-electron chi connectivity index (χ3n) is 2.37. The molecular weight excluding hydrogens is 232 g/mol. The highest BCUT2D eigenvalue weighted by Crippen LogP contribution is 2.06. The van der Waals surface area contributed by atoms with E-state index in [1.54, 1.807) is 4.68 Å². The number of benzene rings is 1. The molecule has 0 aliphatic carbocycles. The number of nitrogens with one attached hydrogen (secondary N) is 1. The van der Waals surface area contributed by atoms with Crippen LogP contribution in [0.3, 0.4) is 0 Å². The van der Waals surface area contributed by atoms with Crippen LogP contribution in [-0.2, 0) is 11.3 Å². The first kappa shape index (κ1) is 12.2. The van der Waals surface area contributed by atoms with Crippen LogP contribution in [0.1, 0.15) is 12.2 Å². The number of hydrogen-bond donors (Lipinski definition) is 2. The molecule has 0 fully saturated rings. The monoisotopic (exact) mass is 246 g/mol. The highest BCUT2D eigenvalue weighted by Gasteiger charge is 2.07. The van der Waals surface area contributed by atoms with E-state index in [4.69, 9.17) is 5.73 Å². The maximum atomic E-state index is 10.6. The number of primary amides is 1. The van der Waals surface area contributed by atoms with Crippen molar-refractivity contribution in [3.63, 3.8) is 0 Å². The van der Waals surface area contributed by atoms with Crippen LogP contribution in [0.15, 0.2) is 30.3 Å². The lowest BCUT2D eigenvalue weighted by molar-refractivity contribution is -0.117. The lowest BCUT2D eigenvalue weighted by Crippen LogP contribution is -2.23. The fourth-order valence-electron chi connectivity index (χ4n) is 1.50. The Morgan fingerprint density at radius 3 is 2.83 bits per heavy atom. The first-order chi connectivity index (χ1) is 8.77. The van der Waals surface area contributed by atoms with Crippen LogP contribution in [0.25, 0.3) is 5.69 Å². The van der Waals surface area contributed by atoms with Crippen LogP contribution in [0.4, 0.5) is 0 Å². The molecule has 7 heteroatoms. The Labute approximate surface area is 104 Å². The minimum atomic E-state index is -0.329. The smallest absolute Gasteiger partial charge is 0.218 e. The van der Waals surface area contributed by atoms with Gasteiger partial charge in [0.1, 0.15) is 0 Å². The zero-order valence-corrected chi connectivity index (χ0v) is 9.78. The highest BCUT2D eigenvalue weighted by molar-refractivity contribution is 5.73. The summed E-state index contributed by atoms with van der Waals surface area (Å²) in [5.74, 6) is 0.357. The zero-order chi connectivity index (χ0) is 12.8. The maximum Gasteiger partial charge on any atom is 0.218 e. The quantitative estimate of drug-likeness (QED) is 0.677. The molecule has 0 bridgehead atoms. The molecule has 3 N–H and O–H groups in total. The molecule has 0 unspecified atom stereocenters. The predicted octanol–water partition coefficient (Wildman–Crippen LogP) is -0.373. The summed E-state index contributed by atoms with van der Waals surface area (Å²) >= 11 is 0. The maximum absolute atomic E-state index is 10.6. The molecule has 18 heavy (non-hydrogen) atoms. The molecule has 0 spiro atoms. The third-order valence-corrected chi connectivity index (χ3v) is 2.37. The van der Waals surface area contributed by atoms with Crippen molar-refractivity contribution in [1.29, 1.82) is 0 Å². The van der Waals surface area contributed by atoms with Gasteiger partial charge in [-0.05, 0) is 22.6 Å². The Balaban J connectivity index is 1.98. The van der Waals surface area contributed by atoms with Crippen LogP contribution in [-0.4, -0.2) is 32.7 Å². The van der Waals surface area contributed by atoms with Crippen molar-refractivity contribution in [2.24, 2.45) is 5.73 Å². The highest BCUT2D eigenvalue weighted by atomic mass is 16.1. The summed E-state index contributed by atoms with van der Waals surface area (Å²) in [5.41, 5.74) is 5.95. The van der Waals surface area contributed by atoms with Gasteiger partial charge in [-0.15, -0.1) is 5.10 Å². The van der Waals surface area contributed by atoms with Gasteiger partial charge in [-0.2, -0.15) is 4.68 Å². The Bertz CT molecular complexity index is 509. The van der Waals surface area contributed by atoms with E-state index in [0.717, 1.165) is 5.69 Å². The average Bonchev–Trinajstić information content (AvgIpc) is 2.84. The van der Waals surface area contributed by atoms with Gasteiger partial charge in [0.25, 0.3) is 0 Å². The van der Waals surface area contributed by atoms with E-state index in [1.165, 1.54) is 0 Å². The summed E-state index contributed by atoms with van der Waals surface area (Å²) in [6.07, 6.45) is 0.299. The van der Waals surface area contributed by atoms with E-state index in [2.05, 4.69) is 20.8 Å². The van der Waals surface area contributed by atoms with Gasteiger partial charge in [-0.25, -0.2) is 0 Å². The number of carbonyl (C=O) groups is 1. The summed E-state index contributed by atoms with van der Waals surface area (Å²) in [7, 11) is 0. The van der Waals surface area contributed by atoms with E-state index >= 15 is 0 Å². The van der Waals surface area contributed by atoms with E-state index in [-0.39, 0.29) is 5.91 Å². The van der Waals surface area contributed by atoms with Crippen molar-refractivity contribution >= 4 is 5.91 Å². The minimum Gasteiger partial charge on any atom is -0.370 e. The first-order valence-corrected chi connectivity index (χ1v) is 5.59. The fraction of sp³-hybridized carbons (Fsp3) is 0.273. The van der Waals surface area contributed by atoms with Gasteiger partial charge in [-0.1, -0.05) is 18.2 Å². The lowest BCUT2D eigenvalue weighted by atomic mass is 10.3. The van der Waals surface area contributed by atoms with Crippen molar-refractivity contribution in [2.45, 2.75) is 13.0 Å². The van der Waals surface area contributed by atoms with Crippen LogP contribution in [0.2, 0.25) is 0 Å². The second-order valence-electron chi connectivity index (χ2n) is 3.74. The molecule has 1 heterocycles. The Morgan fingerprint density at radius 2 is 2.11 bits per heavy atom. The molecule has 2 aromatic rings. The van der Waals surface area contributed by atoms with Gasteiger partial charge in [0.2, 0.25) is 5.91 Å². The minimum absolute atomic E-state index is 0.299. The number of aromatic nitrogens is 4.